The SMILES string of the molecule is Nc1ccc2c(S(=O)(=O)c3ccccc3)c[nH]c2c1. The monoisotopic (exact) mass is 272 g/mol. The van der Waals surface area contributed by atoms with Gasteiger partial charge in [-0.15, -0.1) is 0 Å². The molecule has 0 saturated carbocycles. The van der Waals surface area contributed by atoms with Gasteiger partial charge in [0.1, 0.15) is 0 Å². The molecule has 3 rings (SSSR count). The molecule has 0 saturated heterocycles. The molecular weight excluding hydrogens is 260 g/mol. The van der Waals surface area contributed by atoms with Crippen molar-refractivity contribution in [2.45, 2.75) is 9.79 Å². The number of benzene rings is 2. The van der Waals surface area contributed by atoms with Crippen LogP contribution in [0.25, 0.3) is 10.9 Å². The Kier molecular flexibility index (Phi) is 2.57. The predicted octanol–water partition coefficient (Wildman–Crippen LogP) is 2.58. The number of H-pyrrole nitrogens is 1. The number of sulfone groups is 1. The summed E-state index contributed by atoms with van der Waals surface area (Å²) in [4.78, 5) is 3.50. The number of nitrogen functional groups attached to an aromatic ring is 1. The highest BCUT2D eigenvalue weighted by Gasteiger charge is 2.21. The molecule has 0 unspecified atom stereocenters. The molecule has 1 heterocycles. The summed E-state index contributed by atoms with van der Waals surface area (Å²) >= 11 is 0. The maximum atomic E-state index is 12.5. The van der Waals surface area contributed by atoms with Crippen LogP contribution in [0.15, 0.2) is 64.5 Å². The van der Waals surface area contributed by atoms with Gasteiger partial charge in [0.15, 0.2) is 0 Å². The smallest absolute Gasteiger partial charge is 0.208 e. The fraction of sp³-hybridized carbons (Fsp3) is 0. The Hall–Kier alpha value is -2.27. The number of rotatable bonds is 2. The number of aromatic amines is 1. The molecule has 3 N–H and O–H groups in total. The van der Waals surface area contributed by atoms with Crippen LogP contribution in [-0.2, 0) is 9.84 Å². The number of nitrogens with two attached hydrogens (primary N) is 1. The van der Waals surface area contributed by atoms with Gasteiger partial charge < -0.3 is 10.7 Å². The van der Waals surface area contributed by atoms with Gasteiger partial charge in [0.2, 0.25) is 9.84 Å². The highest BCUT2D eigenvalue weighted by atomic mass is 32.2. The van der Waals surface area contributed by atoms with E-state index in [4.69, 9.17) is 5.73 Å². The second kappa shape index (κ2) is 4.13. The highest BCUT2D eigenvalue weighted by Crippen LogP contribution is 2.29. The lowest BCUT2D eigenvalue weighted by Gasteiger charge is -2.03. The minimum atomic E-state index is -3.51. The molecule has 0 fully saturated rings. The number of aromatic nitrogens is 1. The summed E-state index contributed by atoms with van der Waals surface area (Å²) in [5.41, 5.74) is 7.00. The average molecular weight is 272 g/mol. The standard InChI is InChI=1S/C14H12N2O2S/c15-10-6-7-12-13(8-10)16-9-14(12)19(17,18)11-4-2-1-3-5-11/h1-9,16H,15H2. The fourth-order valence-electron chi connectivity index (χ4n) is 2.07. The Morgan fingerprint density at radius 1 is 1.00 bits per heavy atom. The van der Waals surface area contributed by atoms with E-state index >= 15 is 0 Å². The molecule has 5 heteroatoms. The van der Waals surface area contributed by atoms with E-state index < -0.39 is 9.84 Å². The predicted molar refractivity (Wildman–Crippen MR) is 74.6 cm³/mol. The normalized spacial score (nSPS) is 11.8. The molecule has 0 atom stereocenters. The van der Waals surface area contributed by atoms with E-state index in [1.54, 1.807) is 48.5 Å². The Labute approximate surface area is 110 Å². The molecule has 2 aromatic carbocycles. The quantitative estimate of drug-likeness (QED) is 0.704. The molecule has 0 aliphatic rings. The third kappa shape index (κ3) is 1.88. The fourth-order valence-corrected chi connectivity index (χ4v) is 3.52. The topological polar surface area (TPSA) is 76.0 Å². The van der Waals surface area contributed by atoms with Crippen LogP contribution in [0, 0.1) is 0 Å². The summed E-state index contributed by atoms with van der Waals surface area (Å²) in [5.74, 6) is 0. The second-order valence-electron chi connectivity index (χ2n) is 4.27. The third-order valence-electron chi connectivity index (χ3n) is 3.01. The van der Waals surface area contributed by atoms with Gasteiger partial charge in [-0.2, -0.15) is 0 Å². The number of hydrogen-bond donors (Lipinski definition) is 2. The first-order chi connectivity index (χ1) is 9.09. The van der Waals surface area contributed by atoms with E-state index in [0.717, 1.165) is 5.52 Å². The van der Waals surface area contributed by atoms with E-state index in [-0.39, 0.29) is 9.79 Å². The van der Waals surface area contributed by atoms with Gasteiger partial charge in [0.25, 0.3) is 0 Å². The van der Waals surface area contributed by atoms with Crippen molar-refractivity contribution in [3.05, 3.63) is 54.7 Å². The zero-order valence-corrected chi connectivity index (χ0v) is 10.8. The van der Waals surface area contributed by atoms with Crippen LogP contribution in [0.3, 0.4) is 0 Å². The first-order valence-electron chi connectivity index (χ1n) is 5.76. The van der Waals surface area contributed by atoms with Crippen molar-refractivity contribution in [1.82, 2.24) is 4.98 Å². The molecule has 96 valence electrons. The van der Waals surface area contributed by atoms with E-state index in [1.807, 2.05) is 0 Å². The van der Waals surface area contributed by atoms with Crippen molar-refractivity contribution in [1.29, 1.82) is 0 Å². The zero-order chi connectivity index (χ0) is 13.5. The van der Waals surface area contributed by atoms with Gasteiger partial charge in [-0.05, 0) is 30.3 Å². The van der Waals surface area contributed by atoms with E-state index in [0.29, 0.717) is 11.1 Å². The zero-order valence-electron chi connectivity index (χ0n) is 10.00. The maximum absolute atomic E-state index is 12.5. The summed E-state index contributed by atoms with van der Waals surface area (Å²) in [6.07, 6.45) is 1.51. The molecule has 19 heavy (non-hydrogen) atoms. The molecule has 4 nitrogen and oxygen atoms in total. The molecule has 3 aromatic rings. The summed E-state index contributed by atoms with van der Waals surface area (Å²) < 4.78 is 25.1. The molecular formula is C14H12N2O2S. The van der Waals surface area contributed by atoms with Gasteiger partial charge in [-0.1, -0.05) is 18.2 Å². The summed E-state index contributed by atoms with van der Waals surface area (Å²) in [7, 11) is -3.51. The lowest BCUT2D eigenvalue weighted by molar-refractivity contribution is 0.597. The van der Waals surface area contributed by atoms with Crippen LogP contribution < -0.4 is 5.73 Å². The van der Waals surface area contributed by atoms with Gasteiger partial charge in [-0.3, -0.25) is 0 Å². The Bertz CT molecular complexity index is 836. The Morgan fingerprint density at radius 3 is 2.47 bits per heavy atom. The number of fused-ring (bicyclic) bond motifs is 1. The average Bonchev–Trinajstić information content (AvgIpc) is 2.83. The summed E-state index contributed by atoms with van der Waals surface area (Å²) in [5, 5.41) is 0.651. The first-order valence-corrected chi connectivity index (χ1v) is 7.24. The second-order valence-corrected chi connectivity index (χ2v) is 6.19. The lowest BCUT2D eigenvalue weighted by Crippen LogP contribution is -2.00. The molecule has 0 aliphatic heterocycles. The third-order valence-corrected chi connectivity index (χ3v) is 4.82. The molecule has 0 radical (unpaired) electrons. The van der Waals surface area contributed by atoms with Crippen molar-refractivity contribution in [3.63, 3.8) is 0 Å². The minimum Gasteiger partial charge on any atom is -0.399 e. The maximum Gasteiger partial charge on any atom is 0.208 e. The van der Waals surface area contributed by atoms with Gasteiger partial charge in [0, 0.05) is 22.8 Å². The molecule has 0 amide bonds. The van der Waals surface area contributed by atoms with Crippen LogP contribution in [0.5, 0.6) is 0 Å². The van der Waals surface area contributed by atoms with Crippen molar-refractivity contribution in [2.24, 2.45) is 0 Å². The largest absolute Gasteiger partial charge is 0.399 e. The van der Waals surface area contributed by atoms with Crippen LogP contribution in [0.4, 0.5) is 5.69 Å². The van der Waals surface area contributed by atoms with Crippen LogP contribution in [0.1, 0.15) is 0 Å². The first kappa shape index (κ1) is 11.8. The van der Waals surface area contributed by atoms with E-state index in [1.165, 1.54) is 6.20 Å². The molecule has 0 bridgehead atoms. The van der Waals surface area contributed by atoms with Crippen molar-refractivity contribution < 1.29 is 8.42 Å². The van der Waals surface area contributed by atoms with Crippen molar-refractivity contribution >= 4 is 26.4 Å². The number of anilines is 1. The van der Waals surface area contributed by atoms with Gasteiger partial charge in [-0.25, -0.2) is 8.42 Å². The summed E-state index contributed by atoms with van der Waals surface area (Å²) in [6.45, 7) is 0. The Morgan fingerprint density at radius 2 is 1.74 bits per heavy atom. The Balaban J connectivity index is 2.25. The molecule has 0 aliphatic carbocycles. The number of hydrogen-bond acceptors (Lipinski definition) is 3. The van der Waals surface area contributed by atoms with Crippen LogP contribution in [-0.4, -0.2) is 13.4 Å². The van der Waals surface area contributed by atoms with E-state index in [2.05, 4.69) is 4.98 Å². The van der Waals surface area contributed by atoms with Gasteiger partial charge in [0.05, 0.1) is 9.79 Å². The summed E-state index contributed by atoms with van der Waals surface area (Å²) in [6, 6.07) is 13.5. The van der Waals surface area contributed by atoms with Crippen LogP contribution in [0.2, 0.25) is 0 Å². The van der Waals surface area contributed by atoms with Crippen molar-refractivity contribution in [2.75, 3.05) is 5.73 Å². The molecule has 1 aromatic heterocycles. The lowest BCUT2D eigenvalue weighted by atomic mass is 10.2. The van der Waals surface area contributed by atoms with E-state index in [9.17, 15) is 8.42 Å². The molecule has 0 spiro atoms. The van der Waals surface area contributed by atoms with Crippen LogP contribution >= 0.6 is 0 Å². The number of nitrogens with one attached hydrogen (secondary N) is 1. The highest BCUT2D eigenvalue weighted by molar-refractivity contribution is 7.91. The minimum absolute atomic E-state index is 0.272. The van der Waals surface area contributed by atoms with Crippen molar-refractivity contribution in [3.8, 4) is 0 Å². The van der Waals surface area contributed by atoms with Gasteiger partial charge >= 0.3 is 0 Å².